The van der Waals surface area contributed by atoms with Crippen molar-refractivity contribution >= 4 is 0 Å². The Kier molecular flexibility index (Phi) is 2.64. The number of aromatic nitrogens is 2. The zero-order valence-electron chi connectivity index (χ0n) is 9.92. The van der Waals surface area contributed by atoms with Crippen LogP contribution in [0.25, 0.3) is 0 Å². The third-order valence-corrected chi connectivity index (χ3v) is 3.47. The van der Waals surface area contributed by atoms with E-state index in [9.17, 15) is 0 Å². The highest BCUT2D eigenvalue weighted by molar-refractivity contribution is 5.30. The average molecular weight is 217 g/mol. The van der Waals surface area contributed by atoms with Crippen molar-refractivity contribution in [2.45, 2.75) is 51.5 Å². The van der Waals surface area contributed by atoms with Crippen LogP contribution in [-0.2, 0) is 19.4 Å². The van der Waals surface area contributed by atoms with E-state index in [2.05, 4.69) is 12.2 Å². The summed E-state index contributed by atoms with van der Waals surface area (Å²) in [7, 11) is 0. The molecule has 3 heteroatoms. The molecular weight excluding hydrogens is 198 g/mol. The van der Waals surface area contributed by atoms with Gasteiger partial charge in [-0.2, -0.15) is 0 Å². The van der Waals surface area contributed by atoms with Crippen molar-refractivity contribution in [3.63, 3.8) is 0 Å². The lowest BCUT2D eigenvalue weighted by atomic mass is 10.0. The smallest absolute Gasteiger partial charge is 0.132 e. The van der Waals surface area contributed by atoms with Crippen molar-refractivity contribution in [3.8, 4) is 0 Å². The topological polar surface area (TPSA) is 37.8 Å². The maximum absolute atomic E-state index is 4.80. The van der Waals surface area contributed by atoms with Crippen LogP contribution in [0.15, 0.2) is 0 Å². The average Bonchev–Trinajstić information content (AvgIpc) is 3.13. The van der Waals surface area contributed by atoms with E-state index in [1.807, 2.05) is 0 Å². The molecule has 1 aromatic rings. The summed E-state index contributed by atoms with van der Waals surface area (Å²) in [5.74, 6) is 1.79. The molecule has 86 valence electrons. The summed E-state index contributed by atoms with van der Waals surface area (Å²) in [6, 6.07) is 0. The number of nitrogens with zero attached hydrogens (tertiary/aromatic N) is 2. The fourth-order valence-electron chi connectivity index (χ4n) is 2.43. The van der Waals surface area contributed by atoms with Gasteiger partial charge >= 0.3 is 0 Å². The normalized spacial score (nSPS) is 19.6. The van der Waals surface area contributed by atoms with Crippen LogP contribution in [0.5, 0.6) is 0 Å². The molecule has 16 heavy (non-hydrogen) atoms. The van der Waals surface area contributed by atoms with Gasteiger partial charge in [0.15, 0.2) is 0 Å². The van der Waals surface area contributed by atoms with Crippen LogP contribution in [0, 0.1) is 0 Å². The fourth-order valence-corrected chi connectivity index (χ4v) is 2.43. The second kappa shape index (κ2) is 4.13. The summed E-state index contributed by atoms with van der Waals surface area (Å²) in [5, 5.41) is 3.41. The fraction of sp³-hybridized carbons (Fsp3) is 0.692. The van der Waals surface area contributed by atoms with Crippen LogP contribution < -0.4 is 5.32 Å². The SMILES string of the molecule is CCCc1nc(C2CC2)nc2c1CCNC2. The minimum Gasteiger partial charge on any atom is -0.311 e. The van der Waals surface area contributed by atoms with Crippen molar-refractivity contribution in [3.05, 3.63) is 22.8 Å². The van der Waals surface area contributed by atoms with E-state index in [0.29, 0.717) is 5.92 Å². The molecule has 0 aromatic carbocycles. The van der Waals surface area contributed by atoms with Gasteiger partial charge in [0.2, 0.25) is 0 Å². The van der Waals surface area contributed by atoms with E-state index in [4.69, 9.17) is 9.97 Å². The minimum absolute atomic E-state index is 0.669. The monoisotopic (exact) mass is 217 g/mol. The zero-order valence-corrected chi connectivity index (χ0v) is 9.92. The molecule has 1 N–H and O–H groups in total. The lowest BCUT2D eigenvalue weighted by Crippen LogP contribution is -2.27. The molecule has 0 unspecified atom stereocenters. The van der Waals surface area contributed by atoms with Crippen molar-refractivity contribution in [1.29, 1.82) is 0 Å². The Morgan fingerprint density at radius 1 is 1.31 bits per heavy atom. The Balaban J connectivity index is 2.01. The molecule has 1 aromatic heterocycles. The molecule has 1 aliphatic heterocycles. The number of rotatable bonds is 3. The molecule has 0 saturated heterocycles. The maximum Gasteiger partial charge on any atom is 0.132 e. The summed E-state index contributed by atoms with van der Waals surface area (Å²) in [6.07, 6.45) is 5.98. The van der Waals surface area contributed by atoms with E-state index in [1.165, 1.54) is 36.2 Å². The van der Waals surface area contributed by atoms with Gasteiger partial charge in [0.1, 0.15) is 5.82 Å². The van der Waals surface area contributed by atoms with Gasteiger partial charge in [0.05, 0.1) is 5.69 Å². The van der Waals surface area contributed by atoms with E-state index in [-0.39, 0.29) is 0 Å². The van der Waals surface area contributed by atoms with Crippen molar-refractivity contribution in [2.24, 2.45) is 0 Å². The quantitative estimate of drug-likeness (QED) is 0.841. The van der Waals surface area contributed by atoms with E-state index in [1.54, 1.807) is 0 Å². The molecule has 3 rings (SSSR count). The Labute approximate surface area is 96.7 Å². The first-order valence-corrected chi connectivity index (χ1v) is 6.47. The first kappa shape index (κ1) is 10.2. The molecule has 1 aliphatic carbocycles. The predicted molar refractivity (Wildman–Crippen MR) is 63.4 cm³/mol. The first-order chi connectivity index (χ1) is 7.88. The van der Waals surface area contributed by atoms with Crippen LogP contribution >= 0.6 is 0 Å². The molecule has 1 saturated carbocycles. The summed E-state index contributed by atoms with van der Waals surface area (Å²) >= 11 is 0. The highest BCUT2D eigenvalue weighted by atomic mass is 15.0. The highest BCUT2D eigenvalue weighted by Crippen LogP contribution is 2.38. The lowest BCUT2D eigenvalue weighted by Gasteiger charge is -2.19. The van der Waals surface area contributed by atoms with Crippen LogP contribution in [0.3, 0.4) is 0 Å². The second-order valence-electron chi connectivity index (χ2n) is 4.90. The molecule has 0 atom stereocenters. The number of hydrogen-bond donors (Lipinski definition) is 1. The highest BCUT2D eigenvalue weighted by Gasteiger charge is 2.28. The summed E-state index contributed by atoms with van der Waals surface area (Å²) in [6.45, 7) is 4.25. The van der Waals surface area contributed by atoms with Crippen LogP contribution in [0.4, 0.5) is 0 Å². The third kappa shape index (κ3) is 1.84. The van der Waals surface area contributed by atoms with Gasteiger partial charge in [-0.1, -0.05) is 13.3 Å². The van der Waals surface area contributed by atoms with E-state index >= 15 is 0 Å². The third-order valence-electron chi connectivity index (χ3n) is 3.47. The number of nitrogens with one attached hydrogen (secondary N) is 1. The van der Waals surface area contributed by atoms with Gasteiger partial charge in [0, 0.05) is 18.2 Å². The molecule has 2 heterocycles. The molecule has 2 aliphatic rings. The lowest BCUT2D eigenvalue weighted by molar-refractivity contribution is 0.605. The van der Waals surface area contributed by atoms with Crippen LogP contribution in [0.1, 0.15) is 54.9 Å². The van der Waals surface area contributed by atoms with Crippen LogP contribution in [0.2, 0.25) is 0 Å². The zero-order chi connectivity index (χ0) is 11.0. The Morgan fingerprint density at radius 2 is 2.19 bits per heavy atom. The largest absolute Gasteiger partial charge is 0.311 e. The van der Waals surface area contributed by atoms with E-state index in [0.717, 1.165) is 31.8 Å². The van der Waals surface area contributed by atoms with Crippen molar-refractivity contribution < 1.29 is 0 Å². The number of hydrogen-bond acceptors (Lipinski definition) is 3. The van der Waals surface area contributed by atoms with Crippen molar-refractivity contribution in [1.82, 2.24) is 15.3 Å². The maximum atomic E-state index is 4.80. The Morgan fingerprint density at radius 3 is 2.94 bits per heavy atom. The Hall–Kier alpha value is -0.960. The van der Waals surface area contributed by atoms with Gasteiger partial charge in [0.25, 0.3) is 0 Å². The van der Waals surface area contributed by atoms with E-state index < -0.39 is 0 Å². The number of fused-ring (bicyclic) bond motifs is 1. The van der Waals surface area contributed by atoms with Gasteiger partial charge < -0.3 is 5.32 Å². The van der Waals surface area contributed by atoms with Crippen molar-refractivity contribution in [2.75, 3.05) is 6.54 Å². The molecule has 0 spiro atoms. The summed E-state index contributed by atoms with van der Waals surface area (Å²) in [4.78, 5) is 9.54. The molecule has 0 amide bonds. The minimum atomic E-state index is 0.669. The van der Waals surface area contributed by atoms with Gasteiger partial charge in [-0.15, -0.1) is 0 Å². The molecule has 3 nitrogen and oxygen atoms in total. The predicted octanol–water partition coefficient (Wildman–Crippen LogP) is 1.95. The standard InChI is InChI=1S/C13H19N3/c1-2-3-11-10-6-7-14-8-12(10)16-13(15-11)9-4-5-9/h9,14H,2-8H2,1H3. The number of aryl methyl sites for hydroxylation is 1. The second-order valence-corrected chi connectivity index (χ2v) is 4.90. The summed E-state index contributed by atoms with van der Waals surface area (Å²) < 4.78 is 0. The van der Waals surface area contributed by atoms with Gasteiger partial charge in [-0.25, -0.2) is 9.97 Å². The first-order valence-electron chi connectivity index (χ1n) is 6.47. The molecule has 0 bridgehead atoms. The molecular formula is C13H19N3. The summed E-state index contributed by atoms with van der Waals surface area (Å²) in [5.41, 5.74) is 4.03. The van der Waals surface area contributed by atoms with Crippen LogP contribution in [-0.4, -0.2) is 16.5 Å². The Bertz CT molecular complexity index is 396. The van der Waals surface area contributed by atoms with Gasteiger partial charge in [-0.05, 0) is 37.8 Å². The molecule has 0 radical (unpaired) electrons. The molecule has 1 fully saturated rings. The van der Waals surface area contributed by atoms with Gasteiger partial charge in [-0.3, -0.25) is 0 Å².